The number of carbonyl (C=O) groups is 1. The van der Waals surface area contributed by atoms with Crippen molar-refractivity contribution in [1.82, 2.24) is 0 Å². The van der Waals surface area contributed by atoms with Crippen molar-refractivity contribution < 1.29 is 18.7 Å². The van der Waals surface area contributed by atoms with E-state index in [4.69, 9.17) is 5.11 Å². The molecular weight excluding hydrogens is 178 g/mol. The quantitative estimate of drug-likeness (QED) is 0.766. The minimum absolute atomic E-state index is 0.0757. The lowest BCUT2D eigenvalue weighted by Crippen LogP contribution is -2.07. The monoisotopic (exact) mass is 186 g/mol. The van der Waals surface area contributed by atoms with E-state index in [-0.39, 0.29) is 6.42 Å². The number of halogens is 2. The van der Waals surface area contributed by atoms with Crippen LogP contribution in [0.3, 0.4) is 0 Å². The Labute approximate surface area is 73.8 Å². The number of aliphatic hydroxyl groups is 1. The van der Waals surface area contributed by atoms with Gasteiger partial charge in [-0.15, -0.1) is 0 Å². The standard InChI is InChI=1S/C9H8F2O2/c10-8-2-1-6(4-9(8)11)3-7(13)5-12/h1-2,4,12H,3,5H2. The molecule has 0 saturated heterocycles. The third kappa shape index (κ3) is 2.59. The van der Waals surface area contributed by atoms with Crippen molar-refractivity contribution >= 4 is 5.78 Å². The van der Waals surface area contributed by atoms with Gasteiger partial charge in [-0.25, -0.2) is 8.78 Å². The fourth-order valence-corrected chi connectivity index (χ4v) is 0.933. The fraction of sp³-hybridized carbons (Fsp3) is 0.222. The number of hydrogen-bond acceptors (Lipinski definition) is 2. The van der Waals surface area contributed by atoms with Gasteiger partial charge in [0.05, 0.1) is 0 Å². The number of Topliss-reactive ketones (excluding diaryl/α,β-unsaturated/α-hetero) is 1. The number of benzene rings is 1. The molecule has 13 heavy (non-hydrogen) atoms. The highest BCUT2D eigenvalue weighted by atomic mass is 19.2. The lowest BCUT2D eigenvalue weighted by molar-refractivity contribution is -0.121. The van der Waals surface area contributed by atoms with Crippen LogP contribution in [0.2, 0.25) is 0 Å². The van der Waals surface area contributed by atoms with E-state index in [1.165, 1.54) is 6.07 Å². The second-order valence-electron chi connectivity index (χ2n) is 2.62. The van der Waals surface area contributed by atoms with Crippen molar-refractivity contribution in [3.05, 3.63) is 35.4 Å². The summed E-state index contributed by atoms with van der Waals surface area (Å²) in [4.78, 5) is 10.7. The number of hydrogen-bond donors (Lipinski definition) is 1. The van der Waals surface area contributed by atoms with Crippen molar-refractivity contribution in [2.45, 2.75) is 6.42 Å². The molecule has 0 fully saturated rings. The van der Waals surface area contributed by atoms with Crippen molar-refractivity contribution in [1.29, 1.82) is 0 Å². The molecule has 1 rings (SSSR count). The van der Waals surface area contributed by atoms with E-state index >= 15 is 0 Å². The molecule has 0 atom stereocenters. The summed E-state index contributed by atoms with van der Waals surface area (Å²) in [6, 6.07) is 3.21. The van der Waals surface area contributed by atoms with Crippen LogP contribution in [-0.4, -0.2) is 17.5 Å². The van der Waals surface area contributed by atoms with Gasteiger partial charge >= 0.3 is 0 Å². The fourth-order valence-electron chi connectivity index (χ4n) is 0.933. The Hall–Kier alpha value is -1.29. The second-order valence-corrected chi connectivity index (χ2v) is 2.62. The number of aliphatic hydroxyl groups excluding tert-OH is 1. The summed E-state index contributed by atoms with van der Waals surface area (Å²) >= 11 is 0. The molecule has 4 heteroatoms. The van der Waals surface area contributed by atoms with E-state index in [0.717, 1.165) is 12.1 Å². The predicted octanol–water partition coefficient (Wildman–Crippen LogP) is 1.07. The first kappa shape index (κ1) is 9.80. The highest BCUT2D eigenvalue weighted by Gasteiger charge is 2.05. The Morgan fingerprint density at radius 2 is 2.00 bits per heavy atom. The molecule has 0 aliphatic carbocycles. The molecule has 0 amide bonds. The molecule has 0 aliphatic rings. The van der Waals surface area contributed by atoms with Gasteiger partial charge in [0.2, 0.25) is 0 Å². The van der Waals surface area contributed by atoms with Crippen LogP contribution in [0.5, 0.6) is 0 Å². The zero-order chi connectivity index (χ0) is 9.84. The number of carbonyl (C=O) groups excluding carboxylic acids is 1. The molecule has 0 unspecified atom stereocenters. The molecule has 2 nitrogen and oxygen atoms in total. The third-order valence-electron chi connectivity index (χ3n) is 1.56. The highest BCUT2D eigenvalue weighted by molar-refractivity contribution is 5.81. The Kier molecular flexibility index (Phi) is 3.08. The summed E-state index contributed by atoms with van der Waals surface area (Å²) < 4.78 is 25.0. The van der Waals surface area contributed by atoms with Crippen LogP contribution in [0.25, 0.3) is 0 Å². The van der Waals surface area contributed by atoms with E-state index in [2.05, 4.69) is 0 Å². The van der Waals surface area contributed by atoms with E-state index in [0.29, 0.717) is 5.56 Å². The summed E-state index contributed by atoms with van der Waals surface area (Å²) in [7, 11) is 0. The molecule has 0 aliphatic heterocycles. The van der Waals surface area contributed by atoms with Gasteiger partial charge in [0, 0.05) is 6.42 Å². The van der Waals surface area contributed by atoms with Crippen LogP contribution in [0.1, 0.15) is 5.56 Å². The molecular formula is C9H8F2O2. The van der Waals surface area contributed by atoms with Gasteiger partial charge in [0.25, 0.3) is 0 Å². The Morgan fingerprint density at radius 3 is 2.54 bits per heavy atom. The molecule has 70 valence electrons. The summed E-state index contributed by atoms with van der Waals surface area (Å²) in [6.07, 6.45) is -0.0757. The van der Waals surface area contributed by atoms with Crippen LogP contribution in [-0.2, 0) is 11.2 Å². The van der Waals surface area contributed by atoms with Crippen LogP contribution < -0.4 is 0 Å². The molecule has 0 saturated carbocycles. The lowest BCUT2D eigenvalue weighted by Gasteiger charge is -1.99. The van der Waals surface area contributed by atoms with Gasteiger partial charge in [-0.05, 0) is 17.7 Å². The lowest BCUT2D eigenvalue weighted by atomic mass is 10.1. The topological polar surface area (TPSA) is 37.3 Å². The molecule has 0 bridgehead atoms. The second kappa shape index (κ2) is 4.09. The smallest absolute Gasteiger partial charge is 0.162 e. The zero-order valence-electron chi connectivity index (χ0n) is 6.76. The summed E-state index contributed by atoms with van der Waals surface area (Å²) in [5, 5.41) is 8.40. The van der Waals surface area contributed by atoms with Gasteiger partial charge in [-0.2, -0.15) is 0 Å². The predicted molar refractivity (Wildman–Crippen MR) is 42.2 cm³/mol. The zero-order valence-corrected chi connectivity index (χ0v) is 6.76. The largest absolute Gasteiger partial charge is 0.389 e. The normalized spacial score (nSPS) is 10.1. The molecule has 1 N–H and O–H groups in total. The Bertz CT molecular complexity index is 323. The maximum atomic E-state index is 12.6. The molecule has 1 aromatic carbocycles. The average molecular weight is 186 g/mol. The van der Waals surface area contributed by atoms with Crippen LogP contribution in [0.4, 0.5) is 8.78 Å². The van der Waals surface area contributed by atoms with Crippen LogP contribution in [0.15, 0.2) is 18.2 Å². The highest BCUT2D eigenvalue weighted by Crippen LogP contribution is 2.09. The summed E-state index contributed by atoms with van der Waals surface area (Å²) in [6.45, 7) is -0.584. The molecule has 0 radical (unpaired) electrons. The van der Waals surface area contributed by atoms with Crippen molar-refractivity contribution in [2.75, 3.05) is 6.61 Å². The van der Waals surface area contributed by atoms with Crippen molar-refractivity contribution in [3.8, 4) is 0 Å². The van der Waals surface area contributed by atoms with Crippen molar-refractivity contribution in [3.63, 3.8) is 0 Å². The maximum absolute atomic E-state index is 12.6. The molecule has 0 heterocycles. The average Bonchev–Trinajstić information content (AvgIpc) is 2.11. The van der Waals surface area contributed by atoms with E-state index in [1.54, 1.807) is 0 Å². The van der Waals surface area contributed by atoms with Crippen LogP contribution in [0, 0.1) is 11.6 Å². The summed E-state index contributed by atoms with van der Waals surface area (Å²) in [5.41, 5.74) is 0.359. The van der Waals surface area contributed by atoms with Gasteiger partial charge in [-0.3, -0.25) is 4.79 Å². The molecule has 0 aromatic heterocycles. The first-order valence-corrected chi connectivity index (χ1v) is 3.70. The van der Waals surface area contributed by atoms with Gasteiger partial charge < -0.3 is 5.11 Å². The third-order valence-corrected chi connectivity index (χ3v) is 1.56. The van der Waals surface area contributed by atoms with E-state index < -0.39 is 24.0 Å². The number of ketones is 1. The maximum Gasteiger partial charge on any atom is 0.162 e. The number of rotatable bonds is 3. The molecule has 0 spiro atoms. The minimum atomic E-state index is -0.983. The molecule has 1 aromatic rings. The van der Waals surface area contributed by atoms with Gasteiger partial charge in [-0.1, -0.05) is 6.07 Å². The van der Waals surface area contributed by atoms with Crippen LogP contribution >= 0.6 is 0 Å². The van der Waals surface area contributed by atoms with Gasteiger partial charge in [0.15, 0.2) is 17.4 Å². The Morgan fingerprint density at radius 1 is 1.31 bits per heavy atom. The minimum Gasteiger partial charge on any atom is -0.389 e. The summed E-state index contributed by atoms with van der Waals surface area (Å²) in [5.74, 6) is -2.35. The van der Waals surface area contributed by atoms with Gasteiger partial charge in [0.1, 0.15) is 6.61 Å². The van der Waals surface area contributed by atoms with Crippen molar-refractivity contribution in [2.24, 2.45) is 0 Å². The first-order chi connectivity index (χ1) is 6.13. The first-order valence-electron chi connectivity index (χ1n) is 3.70. The Balaban J connectivity index is 2.79. The van der Waals surface area contributed by atoms with E-state index in [1.807, 2.05) is 0 Å². The van der Waals surface area contributed by atoms with E-state index in [9.17, 15) is 13.6 Å². The SMILES string of the molecule is O=C(CO)Cc1ccc(F)c(F)c1.